The van der Waals surface area contributed by atoms with Gasteiger partial charge in [0.1, 0.15) is 11.6 Å². The first kappa shape index (κ1) is 14.6. The van der Waals surface area contributed by atoms with E-state index in [1.807, 2.05) is 0 Å². The zero-order valence-electron chi connectivity index (χ0n) is 11.2. The van der Waals surface area contributed by atoms with Crippen molar-refractivity contribution in [1.82, 2.24) is 0 Å². The highest BCUT2D eigenvalue weighted by Gasteiger charge is 2.13. The normalized spacial score (nSPS) is 18.5. The van der Waals surface area contributed by atoms with Crippen molar-refractivity contribution in [1.29, 1.82) is 5.41 Å². The van der Waals surface area contributed by atoms with Crippen LogP contribution < -0.4 is 10.4 Å². The van der Waals surface area contributed by atoms with Gasteiger partial charge >= 0.3 is 0 Å². The topological polar surface area (TPSA) is 23.9 Å². The molecule has 1 aliphatic heterocycles. The molecule has 1 saturated heterocycles. The van der Waals surface area contributed by atoms with Gasteiger partial charge in [0.25, 0.3) is 0 Å². The Balaban J connectivity index is 2.17. The second-order valence-corrected chi connectivity index (χ2v) is 7.20. The molecule has 0 aromatic heterocycles. The first-order valence-corrected chi connectivity index (χ1v) is 8.56. The van der Waals surface area contributed by atoms with Gasteiger partial charge in [0.2, 0.25) is 0 Å². The monoisotopic (exact) mass is 321 g/mol. The molecular weight excluding hydrogens is 308 g/mol. The Labute approximate surface area is 130 Å². The van der Waals surface area contributed by atoms with Gasteiger partial charge in [0.15, 0.2) is 0 Å². The van der Waals surface area contributed by atoms with Crippen LogP contribution in [0.25, 0.3) is 9.81 Å². The van der Waals surface area contributed by atoms with E-state index in [4.69, 9.17) is 5.41 Å². The largest absolute Gasteiger partial charge is 0.301 e. The summed E-state index contributed by atoms with van der Waals surface area (Å²) in [5, 5.41) is 8.05. The predicted octanol–water partition coefficient (Wildman–Crippen LogP) is 3.20. The third-order valence-electron chi connectivity index (χ3n) is 3.22. The van der Waals surface area contributed by atoms with Crippen molar-refractivity contribution in [2.45, 2.75) is 6.42 Å². The molecule has 0 spiro atoms. The Kier molecular flexibility index (Phi) is 4.31. The van der Waals surface area contributed by atoms with Gasteiger partial charge in [-0.2, -0.15) is 0 Å². The number of hydrogen-bond acceptors (Lipinski definition) is 3. The average Bonchev–Trinajstić information content (AvgIpc) is 2.48. The molecule has 1 aromatic carbocycles. The highest BCUT2D eigenvalue weighted by atomic mass is 32.2. The van der Waals surface area contributed by atoms with Crippen LogP contribution in [0.4, 0.5) is 8.78 Å². The van der Waals surface area contributed by atoms with Crippen LogP contribution in [0.5, 0.6) is 0 Å². The predicted molar refractivity (Wildman–Crippen MR) is 88.0 cm³/mol. The smallest absolute Gasteiger partial charge is 0.135 e. The minimum absolute atomic E-state index is 0.102. The maximum Gasteiger partial charge on any atom is 0.135 e. The van der Waals surface area contributed by atoms with Crippen molar-refractivity contribution in [3.05, 3.63) is 58.5 Å². The fourth-order valence-electron chi connectivity index (χ4n) is 2.17. The number of allylic oxidation sites excluding steroid dienone is 4. The van der Waals surface area contributed by atoms with Gasteiger partial charge in [-0.05, 0) is 53.0 Å². The summed E-state index contributed by atoms with van der Waals surface area (Å²) in [6, 6.07) is 2.75. The molecule has 1 heterocycles. The fourth-order valence-corrected chi connectivity index (χ4v) is 4.82. The molecule has 2 aliphatic rings. The molecule has 3 rings (SSSR count). The second kappa shape index (κ2) is 6.20. The van der Waals surface area contributed by atoms with Gasteiger partial charge < -0.3 is 5.41 Å². The molecule has 0 radical (unpaired) electrons. The van der Waals surface area contributed by atoms with Gasteiger partial charge in [-0.15, -0.1) is 23.5 Å². The third-order valence-corrected chi connectivity index (χ3v) is 5.84. The van der Waals surface area contributed by atoms with Crippen LogP contribution in [0.3, 0.4) is 0 Å². The summed E-state index contributed by atoms with van der Waals surface area (Å²) in [5.74, 6) is 0.788. The zero-order valence-corrected chi connectivity index (χ0v) is 12.8. The molecule has 0 unspecified atom stereocenters. The maximum atomic E-state index is 14.3. The number of rotatable bonds is 0. The number of thioether (sulfide) groups is 2. The fraction of sp³-hybridized carbons (Fsp3) is 0.188. The van der Waals surface area contributed by atoms with E-state index in [9.17, 15) is 8.78 Å². The molecule has 0 saturated carbocycles. The molecule has 1 fully saturated rings. The van der Waals surface area contributed by atoms with Crippen LogP contribution in [0.15, 0.2) is 36.4 Å². The summed E-state index contributed by atoms with van der Waals surface area (Å²) < 4.78 is 29.4. The van der Waals surface area contributed by atoms with Crippen LogP contribution in [0.1, 0.15) is 6.42 Å². The number of hydrogen-bond donors (Lipinski definition) is 1. The molecule has 1 nitrogen and oxygen atoms in total. The molecule has 1 aliphatic carbocycles. The molecule has 5 heteroatoms. The summed E-state index contributed by atoms with van der Waals surface area (Å²) >= 11 is 3.05. The first-order valence-electron chi connectivity index (χ1n) is 6.59. The van der Waals surface area contributed by atoms with Crippen molar-refractivity contribution >= 4 is 39.0 Å². The Morgan fingerprint density at radius 2 is 1.48 bits per heavy atom. The molecule has 0 atom stereocenters. The van der Waals surface area contributed by atoms with Crippen molar-refractivity contribution in [2.75, 3.05) is 11.5 Å². The highest BCUT2D eigenvalue weighted by Crippen LogP contribution is 2.35. The molecule has 0 bridgehead atoms. The van der Waals surface area contributed by atoms with E-state index in [1.54, 1.807) is 24.3 Å². The van der Waals surface area contributed by atoms with Crippen LogP contribution in [0.2, 0.25) is 0 Å². The van der Waals surface area contributed by atoms with E-state index >= 15 is 0 Å². The van der Waals surface area contributed by atoms with Crippen LogP contribution in [-0.4, -0.2) is 17.2 Å². The zero-order chi connectivity index (χ0) is 14.8. The van der Waals surface area contributed by atoms with E-state index in [2.05, 4.69) is 0 Å². The SMILES string of the molecule is N=C1C=CC(=c2cc(F)c(=C3SCCCS3)c(F)c2)C=C1. The van der Waals surface area contributed by atoms with Gasteiger partial charge in [-0.25, -0.2) is 8.78 Å². The lowest BCUT2D eigenvalue weighted by atomic mass is 10.1. The molecule has 0 amide bonds. The quantitative estimate of drug-likeness (QED) is 0.793. The van der Waals surface area contributed by atoms with Gasteiger partial charge in [0.05, 0.1) is 15.2 Å². The lowest BCUT2D eigenvalue weighted by molar-refractivity contribution is 0.566. The van der Waals surface area contributed by atoms with Gasteiger partial charge in [0, 0.05) is 0 Å². The van der Waals surface area contributed by atoms with Gasteiger partial charge in [-0.3, -0.25) is 0 Å². The summed E-state index contributed by atoms with van der Waals surface area (Å²) in [6.45, 7) is 0. The van der Waals surface area contributed by atoms with Crippen LogP contribution in [0, 0.1) is 17.0 Å². The third kappa shape index (κ3) is 3.14. The minimum Gasteiger partial charge on any atom is -0.301 e. The van der Waals surface area contributed by atoms with Crippen molar-refractivity contribution < 1.29 is 8.78 Å². The van der Waals surface area contributed by atoms with Crippen molar-refractivity contribution in [3.8, 4) is 0 Å². The van der Waals surface area contributed by atoms with E-state index < -0.39 is 11.6 Å². The lowest BCUT2D eigenvalue weighted by Gasteiger charge is -2.13. The van der Waals surface area contributed by atoms with E-state index in [0.29, 0.717) is 16.5 Å². The van der Waals surface area contributed by atoms with Crippen molar-refractivity contribution in [3.63, 3.8) is 0 Å². The molecule has 108 valence electrons. The molecular formula is C16H13F2NS2. The van der Waals surface area contributed by atoms with Crippen LogP contribution in [-0.2, 0) is 0 Å². The molecule has 21 heavy (non-hydrogen) atoms. The van der Waals surface area contributed by atoms with E-state index in [-0.39, 0.29) is 5.22 Å². The highest BCUT2D eigenvalue weighted by molar-refractivity contribution is 8.30. The van der Waals surface area contributed by atoms with E-state index in [0.717, 1.165) is 22.2 Å². The Morgan fingerprint density at radius 1 is 0.905 bits per heavy atom. The standard InChI is InChI=1S/C16H13F2NS2/c17-13-8-11(10-2-4-12(19)5-3-10)9-14(18)15(13)16-20-6-1-7-21-16/h2-5,8-9,19H,1,6-7H2. The Morgan fingerprint density at radius 3 is 2.05 bits per heavy atom. The lowest BCUT2D eigenvalue weighted by Crippen LogP contribution is -2.22. The van der Waals surface area contributed by atoms with Crippen molar-refractivity contribution in [2.24, 2.45) is 0 Å². The first-order chi connectivity index (χ1) is 10.1. The molecule has 1 aromatic rings. The average molecular weight is 321 g/mol. The maximum absolute atomic E-state index is 14.3. The number of benzene rings is 1. The Hall–Kier alpha value is -1.33. The summed E-state index contributed by atoms with van der Waals surface area (Å²) in [5.41, 5.74) is 1.09. The number of halogens is 2. The second-order valence-electron chi connectivity index (χ2n) is 4.73. The Bertz CT molecular complexity index is 723. The van der Waals surface area contributed by atoms with Crippen LogP contribution >= 0.6 is 23.5 Å². The number of nitrogens with one attached hydrogen (secondary N) is 1. The van der Waals surface area contributed by atoms with E-state index in [1.165, 1.54) is 35.7 Å². The summed E-state index contributed by atoms with van der Waals surface area (Å²) in [6.07, 6.45) is 7.70. The van der Waals surface area contributed by atoms with Gasteiger partial charge in [-0.1, -0.05) is 12.2 Å². The molecule has 1 N–H and O–H groups in total. The summed E-state index contributed by atoms with van der Waals surface area (Å²) in [4.78, 5) is 0. The summed E-state index contributed by atoms with van der Waals surface area (Å²) in [7, 11) is 0. The minimum atomic E-state index is -0.517.